The van der Waals surface area contributed by atoms with Gasteiger partial charge in [0.05, 0.1) is 32.2 Å². The van der Waals surface area contributed by atoms with E-state index in [9.17, 15) is 0 Å². The number of nitrogens with one attached hydrogen (secondary N) is 1. The molecule has 0 spiro atoms. The van der Waals surface area contributed by atoms with E-state index in [4.69, 9.17) is 9.47 Å². The van der Waals surface area contributed by atoms with Crippen molar-refractivity contribution in [1.82, 2.24) is 20.3 Å². The average Bonchev–Trinajstić information content (AvgIpc) is 2.92. The first-order valence-corrected chi connectivity index (χ1v) is 6.98. The van der Waals surface area contributed by atoms with Gasteiger partial charge in [0.15, 0.2) is 11.5 Å². The van der Waals surface area contributed by atoms with Crippen molar-refractivity contribution < 1.29 is 9.47 Å². The summed E-state index contributed by atoms with van der Waals surface area (Å²) >= 11 is 0. The fourth-order valence-corrected chi connectivity index (χ4v) is 2.38. The van der Waals surface area contributed by atoms with Crippen LogP contribution < -0.4 is 14.8 Å². The molecule has 1 atom stereocenters. The molecule has 0 aliphatic rings. The zero-order valence-corrected chi connectivity index (χ0v) is 13.0. The molecule has 2 aromatic rings. The summed E-state index contributed by atoms with van der Waals surface area (Å²) in [7, 11) is 5.19. The Balaban J connectivity index is 2.23. The highest BCUT2D eigenvalue weighted by molar-refractivity contribution is 5.43. The van der Waals surface area contributed by atoms with E-state index >= 15 is 0 Å². The van der Waals surface area contributed by atoms with E-state index in [2.05, 4.69) is 28.6 Å². The molecule has 6 nitrogen and oxygen atoms in total. The van der Waals surface area contributed by atoms with Crippen LogP contribution in [0.1, 0.15) is 24.2 Å². The lowest BCUT2D eigenvalue weighted by Crippen LogP contribution is -2.25. The fourth-order valence-electron chi connectivity index (χ4n) is 2.38. The molecule has 0 amide bonds. The Labute approximate surface area is 125 Å². The van der Waals surface area contributed by atoms with Crippen molar-refractivity contribution in [3.63, 3.8) is 0 Å². The Morgan fingerprint density at radius 2 is 2.00 bits per heavy atom. The van der Waals surface area contributed by atoms with Crippen LogP contribution in [0.25, 0.3) is 0 Å². The van der Waals surface area contributed by atoms with Gasteiger partial charge >= 0.3 is 0 Å². The zero-order valence-electron chi connectivity index (χ0n) is 13.0. The van der Waals surface area contributed by atoms with E-state index in [0.717, 1.165) is 30.2 Å². The van der Waals surface area contributed by atoms with Gasteiger partial charge in [0, 0.05) is 7.05 Å². The fraction of sp³-hybridized carbons (Fsp3) is 0.467. The lowest BCUT2D eigenvalue weighted by molar-refractivity contribution is 0.354. The zero-order chi connectivity index (χ0) is 15.2. The summed E-state index contributed by atoms with van der Waals surface area (Å²) in [4.78, 5) is 0. The van der Waals surface area contributed by atoms with Gasteiger partial charge in [-0.1, -0.05) is 18.2 Å². The van der Waals surface area contributed by atoms with E-state index in [1.165, 1.54) is 5.56 Å². The van der Waals surface area contributed by atoms with Crippen molar-refractivity contribution in [2.75, 3.05) is 20.8 Å². The van der Waals surface area contributed by atoms with Gasteiger partial charge in [-0.3, -0.25) is 4.68 Å². The highest BCUT2D eigenvalue weighted by Gasteiger charge is 2.16. The predicted molar refractivity (Wildman–Crippen MR) is 80.7 cm³/mol. The first-order valence-electron chi connectivity index (χ1n) is 6.98. The number of ether oxygens (including phenoxy) is 2. The van der Waals surface area contributed by atoms with Crippen LogP contribution in [0.3, 0.4) is 0 Å². The van der Waals surface area contributed by atoms with Gasteiger partial charge in [0.1, 0.15) is 0 Å². The summed E-state index contributed by atoms with van der Waals surface area (Å²) in [6, 6.07) is 6.15. The van der Waals surface area contributed by atoms with Crippen molar-refractivity contribution in [1.29, 1.82) is 0 Å². The number of rotatable bonds is 7. The van der Waals surface area contributed by atoms with Gasteiger partial charge < -0.3 is 14.8 Å². The molecule has 114 valence electrons. The minimum Gasteiger partial charge on any atom is -0.493 e. The molecule has 1 heterocycles. The predicted octanol–water partition coefficient (Wildman–Crippen LogP) is 1.73. The molecule has 0 radical (unpaired) electrons. The SMILES string of the molecule is CCNC(Cc1ccc(OC)c(OC)c1)c1cnnn1C. The van der Waals surface area contributed by atoms with Crippen LogP contribution in [0.5, 0.6) is 11.5 Å². The molecule has 0 bridgehead atoms. The molecule has 1 aromatic carbocycles. The summed E-state index contributed by atoms with van der Waals surface area (Å²) in [6.45, 7) is 2.97. The molecule has 0 saturated carbocycles. The van der Waals surface area contributed by atoms with Gasteiger partial charge in [0.25, 0.3) is 0 Å². The molecular weight excluding hydrogens is 268 g/mol. The third-order valence-corrected chi connectivity index (χ3v) is 3.44. The van der Waals surface area contributed by atoms with Gasteiger partial charge in [-0.05, 0) is 30.7 Å². The van der Waals surface area contributed by atoms with Crippen LogP contribution in [-0.4, -0.2) is 35.8 Å². The topological polar surface area (TPSA) is 61.2 Å². The van der Waals surface area contributed by atoms with Crippen molar-refractivity contribution >= 4 is 0 Å². The van der Waals surface area contributed by atoms with Crippen LogP contribution in [0.4, 0.5) is 0 Å². The molecule has 1 unspecified atom stereocenters. The van der Waals surface area contributed by atoms with Gasteiger partial charge in [-0.2, -0.15) is 0 Å². The molecule has 0 aliphatic heterocycles. The van der Waals surface area contributed by atoms with Crippen molar-refractivity contribution in [2.45, 2.75) is 19.4 Å². The minimum absolute atomic E-state index is 0.160. The summed E-state index contributed by atoms with van der Waals surface area (Å²) in [5, 5.41) is 11.4. The molecule has 1 aromatic heterocycles. The molecule has 6 heteroatoms. The maximum atomic E-state index is 5.36. The lowest BCUT2D eigenvalue weighted by atomic mass is 10.0. The monoisotopic (exact) mass is 290 g/mol. The van der Waals surface area contributed by atoms with Crippen LogP contribution in [0, 0.1) is 0 Å². The number of aromatic nitrogens is 3. The number of likely N-dealkylation sites (N-methyl/N-ethyl adjacent to an activating group) is 1. The first-order chi connectivity index (χ1) is 10.2. The van der Waals surface area contributed by atoms with Crippen LogP contribution in [0.15, 0.2) is 24.4 Å². The van der Waals surface area contributed by atoms with E-state index < -0.39 is 0 Å². The summed E-state index contributed by atoms with van der Waals surface area (Å²) in [6.07, 6.45) is 2.63. The second kappa shape index (κ2) is 7.08. The largest absolute Gasteiger partial charge is 0.493 e. The van der Waals surface area contributed by atoms with E-state index in [1.54, 1.807) is 25.1 Å². The first kappa shape index (κ1) is 15.3. The number of nitrogens with zero attached hydrogens (tertiary/aromatic N) is 3. The quantitative estimate of drug-likeness (QED) is 0.841. The summed E-state index contributed by atoms with van der Waals surface area (Å²) in [5.41, 5.74) is 2.23. The van der Waals surface area contributed by atoms with Crippen molar-refractivity contribution in [3.05, 3.63) is 35.7 Å². The Kier molecular flexibility index (Phi) is 5.16. The highest BCUT2D eigenvalue weighted by atomic mass is 16.5. The number of benzene rings is 1. The molecule has 21 heavy (non-hydrogen) atoms. The number of hydrogen-bond acceptors (Lipinski definition) is 5. The third-order valence-electron chi connectivity index (χ3n) is 3.44. The molecule has 0 aliphatic carbocycles. The van der Waals surface area contributed by atoms with Crippen LogP contribution in [0.2, 0.25) is 0 Å². The van der Waals surface area contributed by atoms with E-state index in [-0.39, 0.29) is 6.04 Å². The minimum atomic E-state index is 0.160. The average molecular weight is 290 g/mol. The standard InChI is InChI=1S/C15H22N4O2/c1-5-16-12(13-10-17-18-19(13)2)8-11-6-7-14(20-3)15(9-11)21-4/h6-7,9-10,12,16H,5,8H2,1-4H3. The second-order valence-electron chi connectivity index (χ2n) is 4.79. The van der Waals surface area contributed by atoms with E-state index in [0.29, 0.717) is 0 Å². The smallest absolute Gasteiger partial charge is 0.160 e. The number of methoxy groups -OCH3 is 2. The Morgan fingerprint density at radius 3 is 2.57 bits per heavy atom. The molecule has 0 fully saturated rings. The van der Waals surface area contributed by atoms with Crippen LogP contribution >= 0.6 is 0 Å². The number of aryl methyl sites for hydroxylation is 1. The van der Waals surface area contributed by atoms with Gasteiger partial charge in [-0.15, -0.1) is 5.10 Å². The maximum absolute atomic E-state index is 5.36. The molecule has 2 rings (SSSR count). The Hall–Kier alpha value is -2.08. The van der Waals surface area contributed by atoms with Crippen LogP contribution in [-0.2, 0) is 13.5 Å². The molecule has 1 N–H and O–H groups in total. The lowest BCUT2D eigenvalue weighted by Gasteiger charge is -2.18. The Morgan fingerprint density at radius 1 is 1.24 bits per heavy atom. The van der Waals surface area contributed by atoms with Gasteiger partial charge in [0.2, 0.25) is 0 Å². The highest BCUT2D eigenvalue weighted by Crippen LogP contribution is 2.29. The summed E-state index contributed by atoms with van der Waals surface area (Å²) < 4.78 is 12.4. The molecular formula is C15H22N4O2. The van der Waals surface area contributed by atoms with Gasteiger partial charge in [-0.25, -0.2) is 0 Å². The normalized spacial score (nSPS) is 12.2. The van der Waals surface area contributed by atoms with Crippen molar-refractivity contribution in [2.24, 2.45) is 7.05 Å². The van der Waals surface area contributed by atoms with Crippen molar-refractivity contribution in [3.8, 4) is 11.5 Å². The molecule has 0 saturated heterocycles. The summed E-state index contributed by atoms with van der Waals surface area (Å²) in [5.74, 6) is 1.48. The third kappa shape index (κ3) is 3.52. The number of hydrogen-bond donors (Lipinski definition) is 1. The Bertz CT molecular complexity index is 583. The maximum Gasteiger partial charge on any atom is 0.160 e. The second-order valence-corrected chi connectivity index (χ2v) is 4.79. The van der Waals surface area contributed by atoms with E-state index in [1.807, 2.05) is 19.2 Å².